The van der Waals surface area contributed by atoms with E-state index in [2.05, 4.69) is 38.3 Å². The minimum atomic E-state index is -0.615. The second-order valence-electron chi connectivity index (χ2n) is 12.3. The zero-order valence-corrected chi connectivity index (χ0v) is 22.8. The van der Waals surface area contributed by atoms with Crippen molar-refractivity contribution in [2.24, 2.45) is 22.7 Å². The number of benzene rings is 2. The molecule has 2 aromatic rings. The minimum Gasteiger partial charge on any atom is -0.508 e. The van der Waals surface area contributed by atoms with Crippen LogP contribution in [0, 0.1) is 22.7 Å². The maximum Gasteiger partial charge on any atom is 0.252 e. The molecule has 0 saturated heterocycles. The van der Waals surface area contributed by atoms with E-state index in [1.807, 2.05) is 19.2 Å². The van der Waals surface area contributed by atoms with Crippen LogP contribution < -0.4 is 15.4 Å². The van der Waals surface area contributed by atoms with Crippen molar-refractivity contribution in [3.63, 3.8) is 0 Å². The summed E-state index contributed by atoms with van der Waals surface area (Å²) in [4.78, 5) is 26.7. The van der Waals surface area contributed by atoms with Gasteiger partial charge in [-0.3, -0.25) is 9.59 Å². The predicted octanol–water partition coefficient (Wildman–Crippen LogP) is 5.19. The molecule has 6 atom stereocenters. The molecule has 0 radical (unpaired) electrons. The number of amides is 1. The molecule has 7 heteroatoms. The molecule has 4 aliphatic rings. The Morgan fingerprint density at radius 2 is 1.89 bits per heavy atom. The van der Waals surface area contributed by atoms with Crippen molar-refractivity contribution in [2.45, 2.75) is 71.1 Å². The quantitative estimate of drug-likeness (QED) is 0.505. The van der Waals surface area contributed by atoms with Crippen molar-refractivity contribution in [2.75, 3.05) is 7.05 Å². The largest absolute Gasteiger partial charge is 0.508 e. The number of phenolic OH excluding ortho intramolecular Hbond substituents is 1. The third kappa shape index (κ3) is 3.09. The molecule has 0 bridgehead atoms. The summed E-state index contributed by atoms with van der Waals surface area (Å²) in [5.41, 5.74) is 1.30. The molecule has 2 saturated carbocycles. The van der Waals surface area contributed by atoms with Crippen molar-refractivity contribution >= 4 is 23.3 Å². The topological polar surface area (TPSA) is 87.7 Å². The Morgan fingerprint density at radius 3 is 2.59 bits per heavy atom. The number of hydrogen-bond donors (Lipinski definition) is 3. The van der Waals surface area contributed by atoms with E-state index in [0.717, 1.165) is 24.0 Å². The Balaban J connectivity index is 1.61. The average molecular weight is 523 g/mol. The molecule has 0 unspecified atom stereocenters. The maximum absolute atomic E-state index is 13.6. The van der Waals surface area contributed by atoms with Crippen molar-refractivity contribution in [3.05, 3.63) is 57.6 Å². The van der Waals surface area contributed by atoms with Crippen molar-refractivity contribution < 1.29 is 19.4 Å². The number of Topliss-reactive ketones (excluding diaryl/α,β-unsaturated/α-hetero) is 1. The predicted molar refractivity (Wildman–Crippen MR) is 142 cm³/mol. The lowest BCUT2D eigenvalue weighted by Crippen LogP contribution is -2.73. The monoisotopic (exact) mass is 522 g/mol. The fraction of sp³-hybridized carbons (Fsp3) is 0.533. The van der Waals surface area contributed by atoms with E-state index in [-0.39, 0.29) is 34.8 Å². The maximum atomic E-state index is 13.6. The number of rotatable bonds is 2. The molecule has 0 aromatic heterocycles. The Hall–Kier alpha value is -2.57. The second kappa shape index (κ2) is 7.97. The van der Waals surface area contributed by atoms with E-state index >= 15 is 0 Å². The first kappa shape index (κ1) is 24.7. The van der Waals surface area contributed by atoms with E-state index in [4.69, 9.17) is 16.3 Å². The van der Waals surface area contributed by atoms with Crippen LogP contribution in [0.5, 0.6) is 11.5 Å². The van der Waals surface area contributed by atoms with Crippen LogP contribution in [-0.2, 0) is 11.2 Å². The molecular formula is C30H35ClN2O4. The van der Waals surface area contributed by atoms with Gasteiger partial charge in [-0.05, 0) is 44.4 Å². The van der Waals surface area contributed by atoms with Crippen LogP contribution in [0.2, 0.25) is 5.02 Å². The number of likely N-dealkylation sites (N-methyl/N-ethyl adjacent to an activating group) is 1. The van der Waals surface area contributed by atoms with Gasteiger partial charge in [-0.25, -0.2) is 0 Å². The van der Waals surface area contributed by atoms with Gasteiger partial charge in [0.15, 0.2) is 5.78 Å². The number of para-hydroxylation sites is 1. The van der Waals surface area contributed by atoms with E-state index in [0.29, 0.717) is 40.7 Å². The van der Waals surface area contributed by atoms with E-state index in [1.165, 1.54) is 0 Å². The van der Waals surface area contributed by atoms with Crippen LogP contribution in [-0.4, -0.2) is 35.5 Å². The summed E-state index contributed by atoms with van der Waals surface area (Å²) >= 11 is 6.89. The van der Waals surface area contributed by atoms with Gasteiger partial charge in [0.2, 0.25) is 0 Å². The molecule has 196 valence electrons. The van der Waals surface area contributed by atoms with Crippen molar-refractivity contribution in [1.82, 2.24) is 10.6 Å². The average Bonchev–Trinajstić information content (AvgIpc) is 3.18. The number of carbonyl (C=O) groups is 2. The number of ketones is 1. The highest BCUT2D eigenvalue weighted by atomic mass is 35.5. The standard InChI is InChI=1S/C30H35ClN2O4/c1-15-10-11-22-28(2,3)26(35)20(32-5)14-30(22)29(15,4)13-18-19(31)12-17-23(25(18)37-30)24(33-27(17)36)16-8-6-7-9-21(16)34/h6-9,12,15,20,22,24,32,34H,10-11,13-14H2,1-5H3,(H,33,36)/t15-,20+,22-,24+,29+,30-/m0/s1. The Labute approximate surface area is 223 Å². The molecule has 2 aliphatic heterocycles. The van der Waals surface area contributed by atoms with E-state index < -0.39 is 17.1 Å². The van der Waals surface area contributed by atoms with Crippen LogP contribution in [0.15, 0.2) is 30.3 Å². The number of halogens is 1. The fourth-order valence-electron chi connectivity index (χ4n) is 8.14. The van der Waals surface area contributed by atoms with Gasteiger partial charge >= 0.3 is 0 Å². The molecule has 2 heterocycles. The first-order chi connectivity index (χ1) is 17.5. The molecular weight excluding hydrogens is 488 g/mol. The van der Waals surface area contributed by atoms with Gasteiger partial charge in [0.05, 0.1) is 17.6 Å². The third-order valence-electron chi connectivity index (χ3n) is 10.4. The van der Waals surface area contributed by atoms with Crippen LogP contribution in [0.3, 0.4) is 0 Å². The molecule has 2 aliphatic carbocycles. The Bertz CT molecular complexity index is 1340. The summed E-state index contributed by atoms with van der Waals surface area (Å²) in [5, 5.41) is 17.6. The summed E-state index contributed by atoms with van der Waals surface area (Å²) < 4.78 is 7.33. The van der Waals surface area contributed by atoms with Gasteiger partial charge in [-0.15, -0.1) is 0 Å². The molecule has 2 aromatic carbocycles. The van der Waals surface area contributed by atoms with Crippen LogP contribution in [0.4, 0.5) is 0 Å². The van der Waals surface area contributed by atoms with Crippen LogP contribution >= 0.6 is 11.6 Å². The third-order valence-corrected chi connectivity index (χ3v) is 10.8. The summed E-state index contributed by atoms with van der Waals surface area (Å²) in [6.07, 6.45) is 3.20. The summed E-state index contributed by atoms with van der Waals surface area (Å²) in [6, 6.07) is 7.96. The van der Waals surface area contributed by atoms with E-state index in [9.17, 15) is 14.7 Å². The van der Waals surface area contributed by atoms with Gasteiger partial charge in [-0.2, -0.15) is 0 Å². The summed E-state index contributed by atoms with van der Waals surface area (Å²) in [7, 11) is 1.85. The highest BCUT2D eigenvalue weighted by Gasteiger charge is 2.69. The fourth-order valence-corrected chi connectivity index (χ4v) is 8.40. The highest BCUT2D eigenvalue weighted by Crippen LogP contribution is 2.66. The van der Waals surface area contributed by atoms with Crippen molar-refractivity contribution in [1.29, 1.82) is 0 Å². The van der Waals surface area contributed by atoms with Crippen molar-refractivity contribution in [3.8, 4) is 11.5 Å². The summed E-state index contributed by atoms with van der Waals surface area (Å²) in [6.45, 7) is 8.73. The van der Waals surface area contributed by atoms with E-state index in [1.54, 1.807) is 18.2 Å². The zero-order valence-electron chi connectivity index (χ0n) is 22.1. The number of phenols is 1. The smallest absolute Gasteiger partial charge is 0.252 e. The van der Waals surface area contributed by atoms with Gasteiger partial charge < -0.3 is 20.5 Å². The molecule has 6 nitrogen and oxygen atoms in total. The Kier molecular flexibility index (Phi) is 5.33. The number of carbonyl (C=O) groups excluding carboxylic acids is 2. The highest BCUT2D eigenvalue weighted by molar-refractivity contribution is 6.32. The number of fused-ring (bicyclic) bond motifs is 3. The first-order valence-electron chi connectivity index (χ1n) is 13.3. The molecule has 1 amide bonds. The second-order valence-corrected chi connectivity index (χ2v) is 12.7. The van der Waals surface area contributed by atoms with Crippen LogP contribution in [0.25, 0.3) is 0 Å². The van der Waals surface area contributed by atoms with Gasteiger partial charge in [-0.1, -0.05) is 57.5 Å². The number of nitrogens with one attached hydrogen (secondary N) is 2. The normalized spacial score (nSPS) is 35.5. The van der Waals surface area contributed by atoms with Gasteiger partial charge in [0, 0.05) is 44.9 Å². The molecule has 3 N–H and O–H groups in total. The molecule has 6 rings (SSSR count). The zero-order chi connectivity index (χ0) is 26.5. The first-order valence-corrected chi connectivity index (χ1v) is 13.7. The minimum absolute atomic E-state index is 0.0229. The SMILES string of the molecule is CN[C@@H]1C[C@@]23Oc4c(c(Cl)cc5c4[C@@H](c4ccccc4O)NC5=O)C[C@]2(C)[C@@H](C)CC[C@H]3C(C)(C)C1=O. The summed E-state index contributed by atoms with van der Waals surface area (Å²) in [5.74, 6) is 1.14. The molecule has 1 spiro atoms. The molecule has 2 fully saturated rings. The van der Waals surface area contributed by atoms with Gasteiger partial charge in [0.1, 0.15) is 17.1 Å². The lowest BCUT2D eigenvalue weighted by atomic mass is 9.43. The number of aromatic hydroxyl groups is 1. The molecule has 37 heavy (non-hydrogen) atoms. The van der Waals surface area contributed by atoms with Crippen LogP contribution in [0.1, 0.15) is 80.0 Å². The van der Waals surface area contributed by atoms with Gasteiger partial charge in [0.25, 0.3) is 5.91 Å². The Morgan fingerprint density at radius 1 is 1.16 bits per heavy atom. The lowest BCUT2D eigenvalue weighted by Gasteiger charge is -2.66. The lowest BCUT2D eigenvalue weighted by molar-refractivity contribution is -0.212. The number of ether oxygens (including phenoxy) is 1. The number of hydrogen-bond acceptors (Lipinski definition) is 5.